The summed E-state index contributed by atoms with van der Waals surface area (Å²) in [7, 11) is 0. The summed E-state index contributed by atoms with van der Waals surface area (Å²) >= 11 is 5.23. The number of thiocarbonyl (C=S) groups is 1. The van der Waals surface area contributed by atoms with Gasteiger partial charge in [-0.15, -0.1) is 0 Å². The molecule has 4 nitrogen and oxygen atoms in total. The van der Waals surface area contributed by atoms with Crippen LogP contribution in [0.5, 0.6) is 5.75 Å². The van der Waals surface area contributed by atoms with Gasteiger partial charge in [-0.05, 0) is 41.0 Å². The van der Waals surface area contributed by atoms with E-state index in [4.69, 9.17) is 17.0 Å². The maximum Gasteiger partial charge on any atom is 0.187 e. The molecule has 27 heavy (non-hydrogen) atoms. The molecular weight excluding hydrogens is 354 g/mol. The Morgan fingerprint density at radius 1 is 0.889 bits per heavy atom. The first-order chi connectivity index (χ1) is 13.3. The molecule has 0 saturated heterocycles. The van der Waals surface area contributed by atoms with Crippen molar-refractivity contribution in [2.75, 3.05) is 0 Å². The average molecular weight is 375 g/mol. The number of hydrogen-bond acceptors (Lipinski definition) is 3. The summed E-state index contributed by atoms with van der Waals surface area (Å²) in [5.74, 6) is 0.799. The van der Waals surface area contributed by atoms with Gasteiger partial charge in [-0.3, -0.25) is 5.43 Å². The van der Waals surface area contributed by atoms with Crippen LogP contribution in [0.1, 0.15) is 16.7 Å². The van der Waals surface area contributed by atoms with Crippen LogP contribution in [-0.2, 0) is 13.2 Å². The van der Waals surface area contributed by atoms with Crippen LogP contribution in [0.25, 0.3) is 0 Å². The average Bonchev–Trinajstić information content (AvgIpc) is 2.73. The molecule has 0 atom stereocenters. The maximum absolute atomic E-state index is 5.83. The molecule has 0 saturated carbocycles. The Bertz CT molecular complexity index is 882. The van der Waals surface area contributed by atoms with Crippen molar-refractivity contribution in [2.24, 2.45) is 5.10 Å². The van der Waals surface area contributed by atoms with Crippen molar-refractivity contribution < 1.29 is 4.74 Å². The molecule has 0 fully saturated rings. The van der Waals surface area contributed by atoms with Crippen molar-refractivity contribution in [3.8, 4) is 5.75 Å². The Kier molecular flexibility index (Phi) is 6.95. The topological polar surface area (TPSA) is 45.7 Å². The van der Waals surface area contributed by atoms with Gasteiger partial charge in [0.15, 0.2) is 5.11 Å². The second-order valence-electron chi connectivity index (χ2n) is 5.89. The van der Waals surface area contributed by atoms with Crippen molar-refractivity contribution in [2.45, 2.75) is 13.2 Å². The van der Waals surface area contributed by atoms with Gasteiger partial charge in [-0.2, -0.15) is 5.10 Å². The van der Waals surface area contributed by atoms with E-state index in [0.29, 0.717) is 18.3 Å². The molecular formula is C22H21N3OS. The fraction of sp³-hybridized carbons (Fsp3) is 0.0909. The Labute approximate surface area is 164 Å². The Morgan fingerprint density at radius 2 is 1.59 bits per heavy atom. The minimum atomic E-state index is 0.478. The smallest absolute Gasteiger partial charge is 0.187 e. The summed E-state index contributed by atoms with van der Waals surface area (Å²) in [6, 6.07) is 27.9. The van der Waals surface area contributed by atoms with E-state index in [0.717, 1.165) is 22.4 Å². The van der Waals surface area contributed by atoms with Crippen LogP contribution in [0.15, 0.2) is 90.0 Å². The highest BCUT2D eigenvalue weighted by Gasteiger charge is 1.98. The zero-order chi connectivity index (χ0) is 18.7. The molecule has 0 aliphatic rings. The van der Waals surface area contributed by atoms with Crippen molar-refractivity contribution in [1.82, 2.24) is 10.7 Å². The molecule has 3 aromatic rings. The van der Waals surface area contributed by atoms with E-state index < -0.39 is 0 Å². The Morgan fingerprint density at radius 3 is 2.33 bits per heavy atom. The SMILES string of the molecule is S=C(NCc1ccccc1)N/N=C\c1cccc(OCc2ccccc2)c1. The third-order valence-corrected chi connectivity index (χ3v) is 4.02. The van der Waals surface area contributed by atoms with E-state index in [1.807, 2.05) is 84.9 Å². The molecule has 0 spiro atoms. The molecule has 136 valence electrons. The quantitative estimate of drug-likeness (QED) is 0.368. The van der Waals surface area contributed by atoms with Crippen molar-refractivity contribution in [1.29, 1.82) is 0 Å². The Hall–Kier alpha value is -3.18. The number of rotatable bonds is 7. The van der Waals surface area contributed by atoms with E-state index in [9.17, 15) is 0 Å². The molecule has 0 aliphatic carbocycles. The van der Waals surface area contributed by atoms with E-state index in [1.54, 1.807) is 6.21 Å². The largest absolute Gasteiger partial charge is 0.489 e. The van der Waals surface area contributed by atoms with Gasteiger partial charge in [-0.1, -0.05) is 72.8 Å². The minimum Gasteiger partial charge on any atom is -0.489 e. The van der Waals surface area contributed by atoms with Crippen molar-refractivity contribution >= 4 is 23.5 Å². The van der Waals surface area contributed by atoms with Crippen LogP contribution in [-0.4, -0.2) is 11.3 Å². The lowest BCUT2D eigenvalue weighted by molar-refractivity contribution is 0.306. The second kappa shape index (κ2) is 10.1. The van der Waals surface area contributed by atoms with Crippen LogP contribution < -0.4 is 15.5 Å². The first-order valence-corrected chi connectivity index (χ1v) is 9.08. The summed E-state index contributed by atoms with van der Waals surface area (Å²) in [5.41, 5.74) is 6.05. The number of benzene rings is 3. The Balaban J connectivity index is 1.46. The van der Waals surface area contributed by atoms with E-state index in [1.165, 1.54) is 0 Å². The lowest BCUT2D eigenvalue weighted by Gasteiger charge is -2.07. The normalized spacial score (nSPS) is 10.5. The number of hydrazone groups is 1. The zero-order valence-electron chi connectivity index (χ0n) is 14.8. The highest BCUT2D eigenvalue weighted by Crippen LogP contribution is 2.14. The van der Waals surface area contributed by atoms with Crippen molar-refractivity contribution in [3.05, 3.63) is 102 Å². The molecule has 3 aromatic carbocycles. The number of hydrogen-bond donors (Lipinski definition) is 2. The lowest BCUT2D eigenvalue weighted by atomic mass is 10.2. The van der Waals surface area contributed by atoms with Gasteiger partial charge in [0.1, 0.15) is 12.4 Å². The molecule has 5 heteroatoms. The third-order valence-electron chi connectivity index (χ3n) is 3.78. The summed E-state index contributed by atoms with van der Waals surface area (Å²) in [6.45, 7) is 1.19. The van der Waals surface area contributed by atoms with Crippen LogP contribution in [0.3, 0.4) is 0 Å². The second-order valence-corrected chi connectivity index (χ2v) is 6.29. The first kappa shape index (κ1) is 18.6. The van der Waals surface area contributed by atoms with Gasteiger partial charge in [0, 0.05) is 6.54 Å². The minimum absolute atomic E-state index is 0.478. The summed E-state index contributed by atoms with van der Waals surface area (Å²) in [6.07, 6.45) is 1.71. The van der Waals surface area contributed by atoms with Crippen LogP contribution >= 0.6 is 12.2 Å². The van der Waals surface area contributed by atoms with Gasteiger partial charge in [-0.25, -0.2) is 0 Å². The molecule has 0 aromatic heterocycles. The van der Waals surface area contributed by atoms with Crippen LogP contribution in [0.2, 0.25) is 0 Å². The van der Waals surface area contributed by atoms with Gasteiger partial charge in [0.2, 0.25) is 0 Å². The predicted octanol–water partition coefficient (Wildman–Crippen LogP) is 4.26. The molecule has 0 aliphatic heterocycles. The fourth-order valence-corrected chi connectivity index (χ4v) is 2.53. The molecule has 2 N–H and O–H groups in total. The highest BCUT2D eigenvalue weighted by molar-refractivity contribution is 7.80. The molecule has 0 amide bonds. The summed E-state index contributed by atoms with van der Waals surface area (Å²) in [5, 5.41) is 7.77. The lowest BCUT2D eigenvalue weighted by Crippen LogP contribution is -2.31. The van der Waals surface area contributed by atoms with E-state index in [2.05, 4.69) is 15.8 Å². The van der Waals surface area contributed by atoms with Gasteiger partial charge < -0.3 is 10.1 Å². The maximum atomic E-state index is 5.83. The molecule has 0 unspecified atom stereocenters. The standard InChI is InChI=1S/C22H21N3OS/c27-22(23-15-18-8-3-1-4-9-18)25-24-16-20-12-7-13-21(14-20)26-17-19-10-5-2-6-11-19/h1-14,16H,15,17H2,(H2,23,25,27)/b24-16-. The van der Waals surface area contributed by atoms with Crippen LogP contribution in [0, 0.1) is 0 Å². The molecule has 0 radical (unpaired) electrons. The van der Waals surface area contributed by atoms with Crippen molar-refractivity contribution in [3.63, 3.8) is 0 Å². The van der Waals surface area contributed by atoms with Gasteiger partial charge in [0.05, 0.1) is 6.21 Å². The molecule has 0 bridgehead atoms. The monoisotopic (exact) mass is 375 g/mol. The fourth-order valence-electron chi connectivity index (χ4n) is 2.41. The van der Waals surface area contributed by atoms with Crippen LogP contribution in [0.4, 0.5) is 0 Å². The highest BCUT2D eigenvalue weighted by atomic mass is 32.1. The van der Waals surface area contributed by atoms with Gasteiger partial charge >= 0.3 is 0 Å². The number of nitrogens with zero attached hydrogens (tertiary/aromatic N) is 1. The predicted molar refractivity (Wildman–Crippen MR) is 114 cm³/mol. The summed E-state index contributed by atoms with van der Waals surface area (Å²) < 4.78 is 5.83. The van der Waals surface area contributed by atoms with E-state index >= 15 is 0 Å². The first-order valence-electron chi connectivity index (χ1n) is 8.67. The third kappa shape index (κ3) is 6.56. The number of ether oxygens (including phenoxy) is 1. The number of nitrogens with one attached hydrogen (secondary N) is 2. The van der Waals surface area contributed by atoms with Gasteiger partial charge in [0.25, 0.3) is 0 Å². The summed E-state index contributed by atoms with van der Waals surface area (Å²) in [4.78, 5) is 0. The molecule has 3 rings (SSSR count). The molecule has 0 heterocycles. The van der Waals surface area contributed by atoms with E-state index in [-0.39, 0.29) is 0 Å². The zero-order valence-corrected chi connectivity index (χ0v) is 15.7.